The first-order chi connectivity index (χ1) is 14.3. The highest BCUT2D eigenvalue weighted by molar-refractivity contribution is 7.11. The van der Waals surface area contributed by atoms with Crippen LogP contribution in [0.4, 0.5) is 19.0 Å². The number of hydrogen-bond acceptors (Lipinski definition) is 9. The van der Waals surface area contributed by atoms with Crippen molar-refractivity contribution in [2.45, 2.75) is 26.0 Å². The van der Waals surface area contributed by atoms with Crippen LogP contribution < -0.4 is 4.90 Å². The molecule has 2 aromatic rings. The van der Waals surface area contributed by atoms with Gasteiger partial charge in [-0.3, -0.25) is 0 Å². The van der Waals surface area contributed by atoms with Crippen LogP contribution in [0.25, 0.3) is 0 Å². The second-order valence-corrected chi connectivity index (χ2v) is 8.09. The molecular weight excluding hydrogens is 419 g/mol. The lowest BCUT2D eigenvalue weighted by Crippen LogP contribution is -2.51. The van der Waals surface area contributed by atoms with Gasteiger partial charge in [0.1, 0.15) is 11.7 Å². The summed E-state index contributed by atoms with van der Waals surface area (Å²) in [7, 11) is 0. The van der Waals surface area contributed by atoms with Gasteiger partial charge in [0.2, 0.25) is 6.35 Å². The molecule has 2 aliphatic heterocycles. The monoisotopic (exact) mass is 439 g/mol. The summed E-state index contributed by atoms with van der Waals surface area (Å²) in [5.41, 5.74) is 1.11. The lowest BCUT2D eigenvalue weighted by Gasteiger charge is -2.37. The molecule has 1 saturated heterocycles. The average molecular weight is 439 g/mol. The van der Waals surface area contributed by atoms with Gasteiger partial charge in [0.25, 0.3) is 0 Å². The molecule has 1 unspecified atom stereocenters. The van der Waals surface area contributed by atoms with Gasteiger partial charge in [-0.05, 0) is 18.6 Å². The highest BCUT2D eigenvalue weighted by Gasteiger charge is 2.35. The zero-order valence-electron chi connectivity index (χ0n) is 16.1. The number of thiazole rings is 1. The van der Waals surface area contributed by atoms with Crippen LogP contribution in [0.3, 0.4) is 0 Å². The van der Waals surface area contributed by atoms with Crippen molar-refractivity contribution in [1.82, 2.24) is 19.9 Å². The van der Waals surface area contributed by atoms with Crippen molar-refractivity contribution >= 4 is 29.2 Å². The molecule has 1 N–H and O–H groups in total. The average Bonchev–Trinajstić information content (AvgIpc) is 3.20. The number of aliphatic imine (C=N–C) groups is 1. The number of alkyl halides is 3. The molecule has 1 fully saturated rings. The van der Waals surface area contributed by atoms with Crippen LogP contribution in [0.15, 0.2) is 34.6 Å². The third-order valence-electron chi connectivity index (χ3n) is 4.77. The van der Waals surface area contributed by atoms with Crippen LogP contribution in [0.5, 0.6) is 0 Å². The Morgan fingerprint density at radius 3 is 2.43 bits per heavy atom. The van der Waals surface area contributed by atoms with E-state index in [9.17, 15) is 18.3 Å². The van der Waals surface area contributed by atoms with E-state index >= 15 is 0 Å². The van der Waals surface area contributed by atoms with Crippen molar-refractivity contribution in [2.75, 3.05) is 31.1 Å². The number of hydrazone groups is 1. The molecule has 8 nitrogen and oxygen atoms in total. The van der Waals surface area contributed by atoms with Crippen molar-refractivity contribution < 1.29 is 18.3 Å². The molecular formula is C18H20F3N7OS. The number of pyridine rings is 1. The molecule has 12 heteroatoms. The van der Waals surface area contributed by atoms with Crippen LogP contribution >= 0.6 is 11.3 Å². The highest BCUT2D eigenvalue weighted by Crippen LogP contribution is 2.33. The number of rotatable bonds is 3. The Bertz CT molecular complexity index is 936. The molecule has 4 heterocycles. The number of aliphatic hydroxyl groups is 1. The van der Waals surface area contributed by atoms with Gasteiger partial charge >= 0.3 is 6.18 Å². The molecule has 30 heavy (non-hydrogen) atoms. The molecule has 160 valence electrons. The molecule has 0 aromatic carbocycles. The number of nitrogens with zero attached hydrogens (tertiary/aromatic N) is 7. The van der Waals surface area contributed by atoms with Crippen LogP contribution in [-0.2, 0) is 12.7 Å². The zero-order valence-corrected chi connectivity index (χ0v) is 16.9. The van der Waals surface area contributed by atoms with E-state index in [0.29, 0.717) is 35.1 Å². The molecule has 0 aliphatic carbocycles. The van der Waals surface area contributed by atoms with E-state index in [0.717, 1.165) is 30.7 Å². The number of halogens is 3. The summed E-state index contributed by atoms with van der Waals surface area (Å²) in [6.45, 7) is 4.88. The fourth-order valence-electron chi connectivity index (χ4n) is 3.17. The number of aromatic nitrogens is 2. The SMILES string of the molecule is Cc1ccc(N2CCN(C3=NC(O)N(Cc4cnc(C(F)(F)F)s4)N=C3)CC2)nc1. The molecule has 2 aromatic heterocycles. The molecule has 0 amide bonds. The quantitative estimate of drug-likeness (QED) is 0.790. The lowest BCUT2D eigenvalue weighted by molar-refractivity contribution is -0.137. The third kappa shape index (κ3) is 4.54. The van der Waals surface area contributed by atoms with Gasteiger partial charge in [0.05, 0.1) is 12.8 Å². The summed E-state index contributed by atoms with van der Waals surface area (Å²) in [6.07, 6.45) is -1.23. The maximum Gasteiger partial charge on any atom is 0.443 e. The maximum atomic E-state index is 12.7. The minimum atomic E-state index is -4.48. The molecule has 4 rings (SSSR count). The van der Waals surface area contributed by atoms with Crippen molar-refractivity contribution in [2.24, 2.45) is 10.1 Å². The number of amidine groups is 1. The summed E-state index contributed by atoms with van der Waals surface area (Å²) in [5, 5.41) is 14.8. The Hall–Kier alpha value is -2.73. The van der Waals surface area contributed by atoms with Crippen molar-refractivity contribution in [1.29, 1.82) is 0 Å². The molecule has 0 spiro atoms. The molecule has 0 saturated carbocycles. The number of hydrogen-bond donors (Lipinski definition) is 1. The van der Waals surface area contributed by atoms with Gasteiger partial charge in [-0.2, -0.15) is 18.3 Å². The number of piperazine rings is 1. The Labute approximate surface area is 175 Å². The Morgan fingerprint density at radius 2 is 1.83 bits per heavy atom. The zero-order chi connectivity index (χ0) is 21.3. The second kappa shape index (κ2) is 8.19. The first-order valence-electron chi connectivity index (χ1n) is 9.30. The first kappa shape index (κ1) is 20.5. The Kier molecular flexibility index (Phi) is 5.60. The summed E-state index contributed by atoms with van der Waals surface area (Å²) in [5.74, 6) is 1.48. The van der Waals surface area contributed by atoms with Gasteiger partial charge < -0.3 is 14.9 Å². The molecule has 0 bridgehead atoms. The highest BCUT2D eigenvalue weighted by atomic mass is 32.1. The van der Waals surface area contributed by atoms with Crippen LogP contribution in [0, 0.1) is 6.92 Å². The maximum absolute atomic E-state index is 12.7. The molecule has 0 radical (unpaired) electrons. The normalized spacial score (nSPS) is 20.0. The van der Waals surface area contributed by atoms with Crippen LogP contribution in [0.1, 0.15) is 15.4 Å². The van der Waals surface area contributed by atoms with E-state index in [2.05, 4.69) is 25.0 Å². The predicted octanol–water partition coefficient (Wildman–Crippen LogP) is 2.16. The van der Waals surface area contributed by atoms with E-state index in [4.69, 9.17) is 0 Å². The topological polar surface area (TPSA) is 80.5 Å². The Balaban J connectivity index is 1.33. The number of aryl methyl sites for hydroxylation is 1. The fraction of sp³-hybridized carbons (Fsp3) is 0.444. The van der Waals surface area contributed by atoms with E-state index in [1.54, 1.807) is 0 Å². The first-order valence-corrected chi connectivity index (χ1v) is 10.1. The summed E-state index contributed by atoms with van der Waals surface area (Å²) >= 11 is 0.530. The van der Waals surface area contributed by atoms with Gasteiger partial charge in [-0.15, -0.1) is 11.3 Å². The third-order valence-corrected chi connectivity index (χ3v) is 5.80. The lowest BCUT2D eigenvalue weighted by atomic mass is 10.2. The predicted molar refractivity (Wildman–Crippen MR) is 107 cm³/mol. The summed E-state index contributed by atoms with van der Waals surface area (Å²) in [4.78, 5) is 16.6. The minimum absolute atomic E-state index is 0.00490. The minimum Gasteiger partial charge on any atom is -0.354 e. The Morgan fingerprint density at radius 1 is 1.10 bits per heavy atom. The largest absolute Gasteiger partial charge is 0.443 e. The van der Waals surface area contributed by atoms with Crippen LogP contribution in [0.2, 0.25) is 0 Å². The van der Waals surface area contributed by atoms with Crippen LogP contribution in [-0.4, -0.2) is 69.6 Å². The smallest absolute Gasteiger partial charge is 0.354 e. The summed E-state index contributed by atoms with van der Waals surface area (Å²) in [6, 6.07) is 4.02. The van der Waals surface area contributed by atoms with Crippen molar-refractivity contribution in [3.63, 3.8) is 0 Å². The number of aliphatic hydroxyl groups excluding tert-OH is 1. The van der Waals surface area contributed by atoms with E-state index < -0.39 is 17.5 Å². The van der Waals surface area contributed by atoms with Gasteiger partial charge in [0.15, 0.2) is 5.01 Å². The summed E-state index contributed by atoms with van der Waals surface area (Å²) < 4.78 is 38.1. The van der Waals surface area contributed by atoms with E-state index in [-0.39, 0.29) is 6.54 Å². The van der Waals surface area contributed by atoms with E-state index in [1.165, 1.54) is 11.2 Å². The van der Waals surface area contributed by atoms with Crippen molar-refractivity contribution in [3.8, 4) is 0 Å². The molecule has 2 aliphatic rings. The molecule has 1 atom stereocenters. The number of anilines is 1. The van der Waals surface area contributed by atoms with Gasteiger partial charge in [0, 0.05) is 43.4 Å². The van der Waals surface area contributed by atoms with Gasteiger partial charge in [-0.25, -0.2) is 20.0 Å². The van der Waals surface area contributed by atoms with Crippen molar-refractivity contribution in [3.05, 3.63) is 40.0 Å². The van der Waals surface area contributed by atoms with E-state index in [1.807, 2.05) is 30.2 Å². The second-order valence-electron chi connectivity index (χ2n) is 6.97. The standard InChI is InChI=1S/C18H20F3N7OS/c1-12-2-3-14(22-8-12)26-4-6-27(7-5-26)15-10-24-28(17(29)25-15)11-13-9-23-16(30-13)18(19,20)21/h2-3,8-10,17,29H,4-7,11H2,1H3. The van der Waals surface area contributed by atoms with Gasteiger partial charge in [-0.1, -0.05) is 6.07 Å². The fourth-order valence-corrected chi connectivity index (χ4v) is 3.94.